The summed E-state index contributed by atoms with van der Waals surface area (Å²) in [5, 5.41) is 21.1. The molecule has 5 nitrogen and oxygen atoms in total. The molecule has 1 aromatic carbocycles. The Kier molecular flexibility index (Phi) is 5.07. The molecular formula is C16H21NO4. The van der Waals surface area contributed by atoms with Crippen molar-refractivity contribution in [2.45, 2.75) is 45.1 Å². The summed E-state index contributed by atoms with van der Waals surface area (Å²) in [5.41, 5.74) is 0.570. The number of nitrogens with zero attached hydrogens (tertiary/aromatic N) is 1. The maximum atomic E-state index is 12.1. The molecule has 5 heteroatoms. The third-order valence-electron chi connectivity index (χ3n) is 4.32. The van der Waals surface area contributed by atoms with E-state index in [1.54, 1.807) is 12.1 Å². The molecule has 0 bridgehead atoms. The first-order valence-electron chi connectivity index (χ1n) is 7.48. The van der Waals surface area contributed by atoms with Crippen molar-refractivity contribution in [3.8, 4) is 0 Å². The van der Waals surface area contributed by atoms with Crippen LogP contribution in [0.2, 0.25) is 0 Å². The van der Waals surface area contributed by atoms with Gasteiger partial charge in [-0.2, -0.15) is 0 Å². The average molecular weight is 291 g/mol. The van der Waals surface area contributed by atoms with Gasteiger partial charge < -0.3 is 5.11 Å². The molecule has 0 heterocycles. The number of ketones is 1. The standard InChI is InChI=1S/C16H21NO4/c1-2-3-11-4-9-15(18)14(10-11)16(19)12-5-7-13(8-6-12)17(20)21/h5-8,11,14,16,19H,2-4,9-10H2,1H3/t11-,14+,16-/m0/s1. The highest BCUT2D eigenvalue weighted by molar-refractivity contribution is 5.82. The minimum atomic E-state index is -0.863. The Morgan fingerprint density at radius 3 is 2.62 bits per heavy atom. The Hall–Kier alpha value is -1.75. The molecule has 1 fully saturated rings. The van der Waals surface area contributed by atoms with Crippen molar-refractivity contribution in [1.82, 2.24) is 0 Å². The van der Waals surface area contributed by atoms with Gasteiger partial charge in [0.1, 0.15) is 5.78 Å². The van der Waals surface area contributed by atoms with Crippen LogP contribution in [-0.4, -0.2) is 15.8 Å². The molecule has 3 atom stereocenters. The molecule has 0 saturated heterocycles. The Balaban J connectivity index is 2.11. The first kappa shape index (κ1) is 15.6. The zero-order valence-corrected chi connectivity index (χ0v) is 12.2. The molecule has 0 aromatic heterocycles. The number of nitro benzene ring substituents is 1. The number of hydrogen-bond acceptors (Lipinski definition) is 4. The first-order valence-corrected chi connectivity index (χ1v) is 7.48. The van der Waals surface area contributed by atoms with Gasteiger partial charge in [-0.1, -0.05) is 19.8 Å². The van der Waals surface area contributed by atoms with Crippen molar-refractivity contribution < 1.29 is 14.8 Å². The largest absolute Gasteiger partial charge is 0.388 e. The number of aliphatic hydroxyl groups excluding tert-OH is 1. The molecule has 21 heavy (non-hydrogen) atoms. The first-order chi connectivity index (χ1) is 10.0. The molecule has 0 unspecified atom stereocenters. The highest BCUT2D eigenvalue weighted by atomic mass is 16.6. The fraction of sp³-hybridized carbons (Fsp3) is 0.562. The van der Waals surface area contributed by atoms with Crippen LogP contribution in [0.3, 0.4) is 0 Å². The van der Waals surface area contributed by atoms with Crippen molar-refractivity contribution >= 4 is 11.5 Å². The van der Waals surface area contributed by atoms with Gasteiger partial charge in [-0.15, -0.1) is 0 Å². The number of rotatable bonds is 5. The summed E-state index contributed by atoms with van der Waals surface area (Å²) in [6.45, 7) is 2.12. The molecule has 0 aliphatic heterocycles. The quantitative estimate of drug-likeness (QED) is 0.666. The lowest BCUT2D eigenvalue weighted by molar-refractivity contribution is -0.384. The van der Waals surface area contributed by atoms with Crippen LogP contribution in [0.4, 0.5) is 5.69 Å². The number of benzene rings is 1. The lowest BCUT2D eigenvalue weighted by Crippen LogP contribution is -2.29. The van der Waals surface area contributed by atoms with Crippen molar-refractivity contribution in [3.63, 3.8) is 0 Å². The average Bonchev–Trinajstić information content (AvgIpc) is 2.49. The van der Waals surface area contributed by atoms with E-state index in [0.29, 0.717) is 24.3 Å². The molecule has 1 aromatic rings. The number of carbonyl (C=O) groups is 1. The number of Topliss-reactive ketones (excluding diaryl/α,β-unsaturated/α-hetero) is 1. The Morgan fingerprint density at radius 1 is 1.38 bits per heavy atom. The summed E-state index contributed by atoms with van der Waals surface area (Å²) >= 11 is 0. The second-order valence-electron chi connectivity index (χ2n) is 5.80. The van der Waals surface area contributed by atoms with Crippen molar-refractivity contribution in [1.29, 1.82) is 0 Å². The van der Waals surface area contributed by atoms with Crippen LogP contribution in [0.1, 0.15) is 50.7 Å². The smallest absolute Gasteiger partial charge is 0.269 e. The molecule has 1 aliphatic rings. The van der Waals surface area contributed by atoms with Gasteiger partial charge in [0, 0.05) is 24.5 Å². The fourth-order valence-electron chi connectivity index (χ4n) is 3.14. The van der Waals surface area contributed by atoms with E-state index in [2.05, 4.69) is 6.92 Å². The second-order valence-corrected chi connectivity index (χ2v) is 5.80. The summed E-state index contributed by atoms with van der Waals surface area (Å²) in [5.74, 6) is 0.218. The minimum Gasteiger partial charge on any atom is -0.388 e. The van der Waals surface area contributed by atoms with E-state index in [9.17, 15) is 20.0 Å². The van der Waals surface area contributed by atoms with Gasteiger partial charge in [-0.05, 0) is 36.5 Å². The summed E-state index contributed by atoms with van der Waals surface area (Å²) in [4.78, 5) is 22.2. The second kappa shape index (κ2) is 6.80. The van der Waals surface area contributed by atoms with Gasteiger partial charge in [0.05, 0.1) is 11.0 Å². The van der Waals surface area contributed by atoms with Crippen molar-refractivity contribution in [3.05, 3.63) is 39.9 Å². The van der Waals surface area contributed by atoms with Gasteiger partial charge in [0.25, 0.3) is 5.69 Å². The SMILES string of the molecule is CCC[C@H]1CCC(=O)[C@H]([C@@H](O)c2ccc([N+](=O)[O-])cc2)C1. The van der Waals surface area contributed by atoms with E-state index in [4.69, 9.17) is 0 Å². The summed E-state index contributed by atoms with van der Waals surface area (Å²) < 4.78 is 0. The van der Waals surface area contributed by atoms with E-state index in [1.165, 1.54) is 12.1 Å². The number of non-ortho nitro benzene ring substituents is 1. The van der Waals surface area contributed by atoms with E-state index < -0.39 is 11.0 Å². The molecule has 1 saturated carbocycles. The molecule has 1 N–H and O–H groups in total. The number of carbonyl (C=O) groups excluding carboxylic acids is 1. The molecule has 2 rings (SSSR count). The maximum Gasteiger partial charge on any atom is 0.269 e. The highest BCUT2D eigenvalue weighted by Gasteiger charge is 2.34. The monoisotopic (exact) mass is 291 g/mol. The zero-order valence-electron chi connectivity index (χ0n) is 12.2. The molecular weight excluding hydrogens is 270 g/mol. The third kappa shape index (κ3) is 3.67. The number of hydrogen-bond donors (Lipinski definition) is 1. The van der Waals surface area contributed by atoms with E-state index in [-0.39, 0.29) is 17.4 Å². The van der Waals surface area contributed by atoms with Crippen LogP contribution >= 0.6 is 0 Å². The van der Waals surface area contributed by atoms with Gasteiger partial charge in [0.15, 0.2) is 0 Å². The van der Waals surface area contributed by atoms with Crippen molar-refractivity contribution in [2.24, 2.45) is 11.8 Å². The van der Waals surface area contributed by atoms with Gasteiger partial charge in [-0.25, -0.2) is 0 Å². The molecule has 0 amide bonds. The Bertz CT molecular complexity index is 512. The lowest BCUT2D eigenvalue weighted by Gasteiger charge is -2.31. The number of aliphatic hydroxyl groups is 1. The zero-order chi connectivity index (χ0) is 15.4. The Morgan fingerprint density at radius 2 is 2.05 bits per heavy atom. The van der Waals surface area contributed by atoms with Gasteiger partial charge >= 0.3 is 0 Å². The van der Waals surface area contributed by atoms with Crippen LogP contribution in [0, 0.1) is 22.0 Å². The van der Waals surface area contributed by atoms with Crippen LogP contribution in [0.5, 0.6) is 0 Å². The Labute approximate surface area is 124 Å². The maximum absolute atomic E-state index is 12.1. The molecule has 114 valence electrons. The predicted molar refractivity (Wildman–Crippen MR) is 78.8 cm³/mol. The molecule has 0 radical (unpaired) electrons. The predicted octanol–water partition coefficient (Wildman–Crippen LogP) is 3.41. The molecule has 1 aliphatic carbocycles. The van der Waals surface area contributed by atoms with E-state index in [0.717, 1.165) is 19.3 Å². The lowest BCUT2D eigenvalue weighted by atomic mass is 9.75. The van der Waals surface area contributed by atoms with Gasteiger partial charge in [0.2, 0.25) is 0 Å². The topological polar surface area (TPSA) is 80.4 Å². The molecule has 0 spiro atoms. The van der Waals surface area contributed by atoms with E-state index >= 15 is 0 Å². The summed E-state index contributed by atoms with van der Waals surface area (Å²) in [6, 6.07) is 5.82. The third-order valence-corrected chi connectivity index (χ3v) is 4.32. The van der Waals surface area contributed by atoms with Crippen LogP contribution in [0.25, 0.3) is 0 Å². The van der Waals surface area contributed by atoms with Crippen LogP contribution < -0.4 is 0 Å². The van der Waals surface area contributed by atoms with Crippen LogP contribution in [-0.2, 0) is 4.79 Å². The summed E-state index contributed by atoms with van der Waals surface area (Å²) in [6.07, 6.45) is 3.45. The summed E-state index contributed by atoms with van der Waals surface area (Å²) in [7, 11) is 0. The minimum absolute atomic E-state index is 0.00946. The normalized spacial score (nSPS) is 23.8. The van der Waals surface area contributed by atoms with E-state index in [1.807, 2.05) is 0 Å². The van der Waals surface area contributed by atoms with Crippen LogP contribution in [0.15, 0.2) is 24.3 Å². The van der Waals surface area contributed by atoms with Gasteiger partial charge in [-0.3, -0.25) is 14.9 Å². The fourth-order valence-corrected chi connectivity index (χ4v) is 3.14. The van der Waals surface area contributed by atoms with Crippen molar-refractivity contribution in [2.75, 3.05) is 0 Å². The highest BCUT2D eigenvalue weighted by Crippen LogP contribution is 2.37. The number of nitro groups is 1.